The van der Waals surface area contributed by atoms with Gasteiger partial charge in [-0.15, -0.1) is 0 Å². The van der Waals surface area contributed by atoms with Gasteiger partial charge in [0.15, 0.2) is 11.5 Å². The fraction of sp³-hybridized carbons (Fsp3) is 0.538. The van der Waals surface area contributed by atoms with E-state index in [2.05, 4.69) is 10.0 Å². The van der Waals surface area contributed by atoms with Crippen molar-refractivity contribution < 1.29 is 17.9 Å². The predicted molar refractivity (Wildman–Crippen MR) is 78.7 cm³/mol. The first-order valence-corrected chi connectivity index (χ1v) is 8.22. The number of nitrogens with one attached hydrogen (secondary N) is 2. The van der Waals surface area contributed by atoms with Crippen molar-refractivity contribution in [2.45, 2.75) is 13.0 Å². The van der Waals surface area contributed by atoms with Gasteiger partial charge in [0.25, 0.3) is 0 Å². The molecule has 0 saturated heterocycles. The van der Waals surface area contributed by atoms with Crippen LogP contribution in [0, 0.1) is 0 Å². The highest BCUT2D eigenvalue weighted by atomic mass is 32.2. The zero-order valence-corrected chi connectivity index (χ0v) is 12.9. The third kappa shape index (κ3) is 5.77. The Bertz CT molecular complexity index is 517. The number of sulfonamides is 1. The molecule has 1 aromatic carbocycles. The van der Waals surface area contributed by atoms with Crippen LogP contribution in [-0.2, 0) is 16.6 Å². The third-order valence-electron chi connectivity index (χ3n) is 2.69. The minimum Gasteiger partial charge on any atom is -0.493 e. The Morgan fingerprint density at radius 2 is 1.90 bits per heavy atom. The quantitative estimate of drug-likeness (QED) is 0.658. The van der Waals surface area contributed by atoms with E-state index in [9.17, 15) is 8.42 Å². The highest BCUT2D eigenvalue weighted by Gasteiger charge is 2.08. The normalized spacial score (nSPS) is 11.3. The van der Waals surface area contributed by atoms with Gasteiger partial charge in [0.1, 0.15) is 0 Å². The number of hydrogen-bond acceptors (Lipinski definition) is 5. The van der Waals surface area contributed by atoms with Gasteiger partial charge < -0.3 is 14.8 Å². The maximum atomic E-state index is 10.9. The van der Waals surface area contributed by atoms with Gasteiger partial charge in [-0.1, -0.05) is 12.1 Å². The summed E-state index contributed by atoms with van der Waals surface area (Å²) >= 11 is 0. The largest absolute Gasteiger partial charge is 0.493 e. The van der Waals surface area contributed by atoms with Crippen molar-refractivity contribution in [2.75, 3.05) is 33.6 Å². The van der Waals surface area contributed by atoms with E-state index >= 15 is 0 Å². The van der Waals surface area contributed by atoms with Gasteiger partial charge in [-0.3, -0.25) is 0 Å². The summed E-state index contributed by atoms with van der Waals surface area (Å²) in [7, 11) is 0.114. The lowest BCUT2D eigenvalue weighted by molar-refractivity contribution is 0.350. The molecule has 0 aliphatic carbocycles. The van der Waals surface area contributed by atoms with Gasteiger partial charge in [0, 0.05) is 18.7 Å². The van der Waals surface area contributed by atoms with Crippen molar-refractivity contribution in [3.05, 3.63) is 23.8 Å². The lowest BCUT2D eigenvalue weighted by Crippen LogP contribution is -2.26. The van der Waals surface area contributed by atoms with Crippen LogP contribution >= 0.6 is 0 Å². The molecule has 0 saturated carbocycles. The smallest absolute Gasteiger partial charge is 0.208 e. The van der Waals surface area contributed by atoms with Gasteiger partial charge in [0.2, 0.25) is 10.0 Å². The lowest BCUT2D eigenvalue weighted by atomic mass is 10.2. The van der Waals surface area contributed by atoms with E-state index < -0.39 is 10.0 Å². The average molecular weight is 302 g/mol. The molecule has 0 fully saturated rings. The van der Waals surface area contributed by atoms with Gasteiger partial charge >= 0.3 is 0 Å². The number of para-hydroxylation sites is 1. The second-order valence-corrected chi connectivity index (χ2v) is 6.18. The molecule has 0 atom stereocenters. The molecule has 0 aromatic heterocycles. The van der Waals surface area contributed by atoms with Crippen molar-refractivity contribution in [2.24, 2.45) is 0 Å². The monoisotopic (exact) mass is 302 g/mol. The molecule has 6 nitrogen and oxygen atoms in total. The first-order valence-electron chi connectivity index (χ1n) is 6.33. The van der Waals surface area contributed by atoms with Crippen molar-refractivity contribution in [3.8, 4) is 11.5 Å². The summed E-state index contributed by atoms with van der Waals surface area (Å²) in [5.74, 6) is 1.42. The first kappa shape index (κ1) is 16.7. The second-order valence-electron chi connectivity index (χ2n) is 4.35. The summed E-state index contributed by atoms with van der Waals surface area (Å²) in [5, 5.41) is 3.24. The Morgan fingerprint density at radius 1 is 1.15 bits per heavy atom. The van der Waals surface area contributed by atoms with E-state index in [1.54, 1.807) is 14.2 Å². The van der Waals surface area contributed by atoms with Crippen molar-refractivity contribution in [1.82, 2.24) is 10.0 Å². The van der Waals surface area contributed by atoms with Gasteiger partial charge in [-0.2, -0.15) is 0 Å². The fourth-order valence-corrected chi connectivity index (χ4v) is 2.30. The molecule has 20 heavy (non-hydrogen) atoms. The minimum atomic E-state index is -3.10. The second kappa shape index (κ2) is 8.08. The Morgan fingerprint density at radius 3 is 2.50 bits per heavy atom. The van der Waals surface area contributed by atoms with Crippen molar-refractivity contribution in [1.29, 1.82) is 0 Å². The van der Waals surface area contributed by atoms with Crippen LogP contribution in [0.1, 0.15) is 12.0 Å². The van der Waals surface area contributed by atoms with E-state index in [1.807, 2.05) is 18.2 Å². The van der Waals surface area contributed by atoms with Crippen LogP contribution in [-0.4, -0.2) is 42.0 Å². The molecule has 1 rings (SSSR count). The first-order chi connectivity index (χ1) is 9.48. The Hall–Kier alpha value is -1.31. The molecule has 0 aliphatic heterocycles. The van der Waals surface area contributed by atoms with E-state index in [1.165, 1.54) is 0 Å². The summed E-state index contributed by atoms with van der Waals surface area (Å²) in [6.45, 7) is 1.78. The lowest BCUT2D eigenvalue weighted by Gasteiger charge is -2.13. The van der Waals surface area contributed by atoms with E-state index in [4.69, 9.17) is 9.47 Å². The minimum absolute atomic E-state index is 0.432. The summed E-state index contributed by atoms with van der Waals surface area (Å²) in [6.07, 6.45) is 1.88. The van der Waals surface area contributed by atoms with Crippen LogP contribution in [0.3, 0.4) is 0 Å². The topological polar surface area (TPSA) is 76.7 Å². The fourth-order valence-electron chi connectivity index (χ4n) is 1.79. The highest BCUT2D eigenvalue weighted by molar-refractivity contribution is 7.88. The number of methoxy groups -OCH3 is 2. The van der Waals surface area contributed by atoms with Gasteiger partial charge in [-0.05, 0) is 19.0 Å². The van der Waals surface area contributed by atoms with Crippen molar-refractivity contribution in [3.63, 3.8) is 0 Å². The predicted octanol–water partition coefficient (Wildman–Crippen LogP) is 0.733. The van der Waals surface area contributed by atoms with Gasteiger partial charge in [-0.25, -0.2) is 13.1 Å². The van der Waals surface area contributed by atoms with E-state index in [0.717, 1.165) is 24.0 Å². The van der Waals surface area contributed by atoms with Crippen LogP contribution in [0.25, 0.3) is 0 Å². The maximum Gasteiger partial charge on any atom is 0.208 e. The summed E-state index contributed by atoms with van der Waals surface area (Å²) in [4.78, 5) is 0. The SMILES string of the molecule is COc1cccc(CNCCCNS(C)(=O)=O)c1OC. The molecule has 0 aliphatic rings. The van der Waals surface area contributed by atoms with E-state index in [-0.39, 0.29) is 0 Å². The average Bonchev–Trinajstić information content (AvgIpc) is 2.40. The maximum absolute atomic E-state index is 10.9. The van der Waals surface area contributed by atoms with Gasteiger partial charge in [0.05, 0.1) is 20.5 Å². The molecule has 0 heterocycles. The number of rotatable bonds is 9. The van der Waals surface area contributed by atoms with Crippen LogP contribution in [0.5, 0.6) is 11.5 Å². The summed E-state index contributed by atoms with van der Waals surface area (Å²) in [5.41, 5.74) is 1.00. The zero-order valence-electron chi connectivity index (χ0n) is 12.1. The molecule has 1 aromatic rings. The molecule has 114 valence electrons. The number of ether oxygens (including phenoxy) is 2. The van der Waals surface area contributed by atoms with Crippen LogP contribution in [0.4, 0.5) is 0 Å². The Kier molecular flexibility index (Phi) is 6.77. The Balaban J connectivity index is 2.39. The molecule has 7 heteroatoms. The molecule has 0 unspecified atom stereocenters. The molecular weight excluding hydrogens is 280 g/mol. The zero-order chi connectivity index (χ0) is 15.0. The van der Waals surface area contributed by atoms with Crippen LogP contribution in [0.2, 0.25) is 0 Å². The number of hydrogen-bond donors (Lipinski definition) is 2. The van der Waals surface area contributed by atoms with Crippen LogP contribution < -0.4 is 19.5 Å². The van der Waals surface area contributed by atoms with Crippen molar-refractivity contribution >= 4 is 10.0 Å². The molecule has 0 amide bonds. The molecular formula is C13H22N2O4S. The molecule has 0 radical (unpaired) electrons. The standard InChI is InChI=1S/C13H22N2O4S/c1-18-12-7-4-6-11(13(12)19-2)10-14-8-5-9-15-20(3,16)17/h4,6-7,14-15H,5,8-10H2,1-3H3. The molecule has 0 bridgehead atoms. The summed E-state index contributed by atoms with van der Waals surface area (Å²) in [6, 6.07) is 5.71. The number of benzene rings is 1. The Labute approximate surface area is 120 Å². The van der Waals surface area contributed by atoms with Crippen LogP contribution in [0.15, 0.2) is 18.2 Å². The highest BCUT2D eigenvalue weighted by Crippen LogP contribution is 2.30. The molecule has 2 N–H and O–H groups in total. The third-order valence-corrected chi connectivity index (χ3v) is 3.42. The molecule has 0 spiro atoms. The summed E-state index contributed by atoms with van der Waals surface area (Å²) < 4.78 is 34.8. The van der Waals surface area contributed by atoms with E-state index in [0.29, 0.717) is 25.4 Å².